The third-order valence-corrected chi connectivity index (χ3v) is 3.73. The number of ether oxygens (including phenoxy) is 1. The molecule has 1 rings (SSSR count). The van der Waals surface area contributed by atoms with Crippen LogP contribution in [0.4, 0.5) is 0 Å². The molecule has 0 saturated heterocycles. The minimum Gasteiger partial charge on any atom is -0.385 e. The molecule has 0 aromatic carbocycles. The van der Waals surface area contributed by atoms with E-state index < -0.39 is 0 Å². The van der Waals surface area contributed by atoms with E-state index >= 15 is 0 Å². The van der Waals surface area contributed by atoms with Crippen molar-refractivity contribution in [1.29, 1.82) is 0 Å². The van der Waals surface area contributed by atoms with Crippen molar-refractivity contribution in [2.24, 2.45) is 5.92 Å². The zero-order valence-electron chi connectivity index (χ0n) is 11.1. The molecule has 0 heterocycles. The van der Waals surface area contributed by atoms with Crippen molar-refractivity contribution in [2.45, 2.75) is 64.3 Å². The lowest BCUT2D eigenvalue weighted by Crippen LogP contribution is -2.32. The van der Waals surface area contributed by atoms with Gasteiger partial charge in [-0.2, -0.15) is 0 Å². The maximum atomic E-state index is 5.10. The van der Waals surface area contributed by atoms with Crippen LogP contribution in [0, 0.1) is 5.92 Å². The Morgan fingerprint density at radius 1 is 1.12 bits per heavy atom. The summed E-state index contributed by atoms with van der Waals surface area (Å²) in [7, 11) is 1.78. The summed E-state index contributed by atoms with van der Waals surface area (Å²) in [5.41, 5.74) is 0. The summed E-state index contributed by atoms with van der Waals surface area (Å²) in [6.45, 7) is 4.35. The van der Waals surface area contributed by atoms with Gasteiger partial charge in [-0.15, -0.1) is 0 Å². The summed E-state index contributed by atoms with van der Waals surface area (Å²) in [4.78, 5) is 0. The van der Waals surface area contributed by atoms with Crippen molar-refractivity contribution in [3.05, 3.63) is 0 Å². The van der Waals surface area contributed by atoms with Crippen LogP contribution in [0.3, 0.4) is 0 Å². The predicted molar refractivity (Wildman–Crippen MR) is 69.8 cm³/mol. The van der Waals surface area contributed by atoms with E-state index in [1.807, 2.05) is 0 Å². The highest BCUT2D eigenvalue weighted by Gasteiger charge is 2.12. The smallest absolute Gasteiger partial charge is 0.0476 e. The summed E-state index contributed by atoms with van der Waals surface area (Å²) in [6.07, 6.45) is 11.3. The Morgan fingerprint density at radius 2 is 1.75 bits per heavy atom. The largest absolute Gasteiger partial charge is 0.385 e. The minimum absolute atomic E-state index is 0.602. The van der Waals surface area contributed by atoms with E-state index in [2.05, 4.69) is 12.2 Å². The molecule has 0 bridgehead atoms. The maximum Gasteiger partial charge on any atom is 0.0476 e. The molecule has 0 spiro atoms. The number of methoxy groups -OCH3 is 1. The van der Waals surface area contributed by atoms with Gasteiger partial charge in [0.25, 0.3) is 0 Å². The van der Waals surface area contributed by atoms with E-state index in [1.54, 1.807) is 7.11 Å². The fourth-order valence-corrected chi connectivity index (χ4v) is 2.51. The molecule has 1 aliphatic carbocycles. The van der Waals surface area contributed by atoms with Crippen LogP contribution in [0.15, 0.2) is 0 Å². The number of hydrogen-bond acceptors (Lipinski definition) is 2. The Morgan fingerprint density at radius 3 is 2.38 bits per heavy atom. The second-order valence-electron chi connectivity index (χ2n) is 5.30. The molecule has 2 heteroatoms. The molecule has 0 aromatic rings. The Hall–Kier alpha value is -0.0800. The third kappa shape index (κ3) is 6.49. The first-order chi connectivity index (χ1) is 7.83. The lowest BCUT2D eigenvalue weighted by atomic mass is 9.91. The molecule has 1 N–H and O–H groups in total. The molecule has 1 aliphatic rings. The average Bonchev–Trinajstić information content (AvgIpc) is 2.25. The molecule has 1 atom stereocenters. The van der Waals surface area contributed by atoms with Crippen molar-refractivity contribution >= 4 is 0 Å². The van der Waals surface area contributed by atoms with E-state index in [4.69, 9.17) is 4.74 Å². The lowest BCUT2D eigenvalue weighted by molar-refractivity contribution is 0.183. The first-order valence-electron chi connectivity index (χ1n) is 7.05. The van der Waals surface area contributed by atoms with Crippen LogP contribution in [0.25, 0.3) is 0 Å². The Bertz CT molecular complexity index is 153. The van der Waals surface area contributed by atoms with E-state index in [0.717, 1.165) is 18.9 Å². The van der Waals surface area contributed by atoms with Crippen molar-refractivity contribution in [2.75, 3.05) is 20.3 Å². The SMILES string of the molecule is COCCC(C)NCC1CCCCCCC1. The highest BCUT2D eigenvalue weighted by atomic mass is 16.5. The molecule has 0 aromatic heterocycles. The highest BCUT2D eigenvalue weighted by molar-refractivity contribution is 4.69. The van der Waals surface area contributed by atoms with E-state index in [0.29, 0.717) is 6.04 Å². The normalized spacial score (nSPS) is 21.4. The highest BCUT2D eigenvalue weighted by Crippen LogP contribution is 2.21. The van der Waals surface area contributed by atoms with Crippen molar-refractivity contribution in [1.82, 2.24) is 5.32 Å². The van der Waals surface area contributed by atoms with Gasteiger partial charge in [-0.1, -0.05) is 32.1 Å². The summed E-state index contributed by atoms with van der Waals surface area (Å²) >= 11 is 0. The van der Waals surface area contributed by atoms with Crippen LogP contribution in [-0.4, -0.2) is 26.3 Å². The summed E-state index contributed by atoms with van der Waals surface area (Å²) in [6, 6.07) is 0.602. The van der Waals surface area contributed by atoms with Gasteiger partial charge in [0, 0.05) is 19.8 Å². The Kier molecular flexibility index (Phi) is 7.87. The van der Waals surface area contributed by atoms with Crippen LogP contribution < -0.4 is 5.32 Å². The molecule has 1 unspecified atom stereocenters. The zero-order valence-corrected chi connectivity index (χ0v) is 11.1. The molecule has 2 nitrogen and oxygen atoms in total. The molecular formula is C14H29NO. The zero-order chi connectivity index (χ0) is 11.6. The van der Waals surface area contributed by atoms with E-state index in [1.165, 1.54) is 51.5 Å². The van der Waals surface area contributed by atoms with Gasteiger partial charge in [0.2, 0.25) is 0 Å². The fourth-order valence-electron chi connectivity index (χ4n) is 2.51. The quantitative estimate of drug-likeness (QED) is 0.751. The monoisotopic (exact) mass is 227 g/mol. The molecule has 0 radical (unpaired) electrons. The molecule has 16 heavy (non-hydrogen) atoms. The second-order valence-corrected chi connectivity index (χ2v) is 5.30. The number of rotatable bonds is 6. The number of nitrogens with one attached hydrogen (secondary N) is 1. The Labute approximate surface area is 101 Å². The average molecular weight is 227 g/mol. The van der Waals surface area contributed by atoms with Gasteiger partial charge in [-0.25, -0.2) is 0 Å². The molecule has 1 fully saturated rings. The topological polar surface area (TPSA) is 21.3 Å². The molecule has 1 saturated carbocycles. The molecule has 96 valence electrons. The van der Waals surface area contributed by atoms with Crippen molar-refractivity contribution in [3.8, 4) is 0 Å². The van der Waals surface area contributed by atoms with Gasteiger partial charge >= 0.3 is 0 Å². The van der Waals surface area contributed by atoms with Gasteiger partial charge in [0.05, 0.1) is 0 Å². The first kappa shape index (κ1) is 14.0. The summed E-state index contributed by atoms with van der Waals surface area (Å²) in [5, 5.41) is 3.66. The number of hydrogen-bond donors (Lipinski definition) is 1. The first-order valence-corrected chi connectivity index (χ1v) is 7.05. The van der Waals surface area contributed by atoms with Crippen molar-refractivity contribution in [3.63, 3.8) is 0 Å². The van der Waals surface area contributed by atoms with Crippen LogP contribution >= 0.6 is 0 Å². The van der Waals surface area contributed by atoms with Crippen LogP contribution in [-0.2, 0) is 4.74 Å². The molecular weight excluding hydrogens is 198 g/mol. The summed E-state index contributed by atoms with van der Waals surface area (Å²) in [5.74, 6) is 0.922. The second kappa shape index (κ2) is 9.00. The predicted octanol–water partition coefficient (Wildman–Crippen LogP) is 3.36. The summed E-state index contributed by atoms with van der Waals surface area (Å²) < 4.78 is 5.10. The third-order valence-electron chi connectivity index (χ3n) is 3.73. The Balaban J connectivity index is 2.09. The van der Waals surface area contributed by atoms with Crippen LogP contribution in [0.5, 0.6) is 0 Å². The standard InChI is InChI=1S/C14H29NO/c1-13(10-11-16-2)15-12-14-8-6-4-3-5-7-9-14/h13-15H,3-12H2,1-2H3. The molecule has 0 amide bonds. The lowest BCUT2D eigenvalue weighted by Gasteiger charge is -2.22. The van der Waals surface area contributed by atoms with E-state index in [-0.39, 0.29) is 0 Å². The van der Waals surface area contributed by atoms with Crippen molar-refractivity contribution < 1.29 is 4.74 Å². The van der Waals surface area contributed by atoms with Crippen LogP contribution in [0.1, 0.15) is 58.3 Å². The van der Waals surface area contributed by atoms with Gasteiger partial charge in [-0.05, 0) is 38.6 Å². The fraction of sp³-hybridized carbons (Fsp3) is 1.00. The molecule has 0 aliphatic heterocycles. The van der Waals surface area contributed by atoms with Gasteiger partial charge < -0.3 is 10.1 Å². The van der Waals surface area contributed by atoms with Gasteiger partial charge in [-0.3, -0.25) is 0 Å². The van der Waals surface area contributed by atoms with Gasteiger partial charge in [0.15, 0.2) is 0 Å². The minimum atomic E-state index is 0.602. The van der Waals surface area contributed by atoms with Crippen LogP contribution in [0.2, 0.25) is 0 Å². The van der Waals surface area contributed by atoms with Gasteiger partial charge in [0.1, 0.15) is 0 Å². The van der Waals surface area contributed by atoms with E-state index in [9.17, 15) is 0 Å². The maximum absolute atomic E-state index is 5.10.